The molecule has 0 saturated heterocycles. The summed E-state index contributed by atoms with van der Waals surface area (Å²) in [4.78, 5) is 11.0. The van der Waals surface area contributed by atoms with E-state index in [1.54, 1.807) is 0 Å². The Bertz CT molecular complexity index is 115. The molecular formula is C9H20O2Si. The summed E-state index contributed by atoms with van der Waals surface area (Å²) < 4.78 is 5.15. The van der Waals surface area contributed by atoms with E-state index in [1.807, 2.05) is 0 Å². The largest absolute Gasteiger partial charge is 0.525 e. The Hall–Kier alpha value is -0.313. The first-order valence-electron chi connectivity index (χ1n) is 4.96. The second-order valence-electron chi connectivity index (χ2n) is 3.03. The minimum absolute atomic E-state index is 0.0274. The van der Waals surface area contributed by atoms with Gasteiger partial charge >= 0.3 is 0 Å². The van der Waals surface area contributed by atoms with E-state index >= 15 is 0 Å². The van der Waals surface area contributed by atoms with Crippen LogP contribution in [0.4, 0.5) is 0 Å². The van der Waals surface area contributed by atoms with Gasteiger partial charge in [0.05, 0.1) is 0 Å². The zero-order chi connectivity index (χ0) is 9.23. The standard InChI is InChI=1S/C9H20O2Si/c1-3-5-7-9(10)11-12-8-6-4-2/h3-8,12H2,1-2H3. The van der Waals surface area contributed by atoms with Crippen LogP contribution in [0.25, 0.3) is 0 Å². The van der Waals surface area contributed by atoms with Gasteiger partial charge in [0.1, 0.15) is 0 Å². The predicted molar refractivity (Wildman–Crippen MR) is 53.9 cm³/mol. The molecule has 2 nitrogen and oxygen atoms in total. The molecule has 0 spiro atoms. The molecule has 0 aromatic rings. The highest BCUT2D eigenvalue weighted by atomic mass is 28.2. The third-order valence-corrected chi connectivity index (χ3v) is 3.06. The zero-order valence-electron chi connectivity index (χ0n) is 8.27. The van der Waals surface area contributed by atoms with Crippen LogP contribution in [0.5, 0.6) is 0 Å². The predicted octanol–water partition coefficient (Wildman–Crippen LogP) is 2.02. The maximum Gasteiger partial charge on any atom is 0.292 e. The summed E-state index contributed by atoms with van der Waals surface area (Å²) in [6.07, 6.45) is 5.09. The molecule has 72 valence electrons. The van der Waals surface area contributed by atoms with Crippen LogP contribution in [0.2, 0.25) is 6.04 Å². The van der Waals surface area contributed by atoms with E-state index in [0.717, 1.165) is 18.9 Å². The van der Waals surface area contributed by atoms with Gasteiger partial charge < -0.3 is 4.43 Å². The summed E-state index contributed by atoms with van der Waals surface area (Å²) in [7, 11) is -0.525. The Labute approximate surface area is 77.6 Å². The number of carbonyl (C=O) groups excluding carboxylic acids is 1. The SMILES string of the molecule is CCCC[SiH2]OC(=O)CCCC. The van der Waals surface area contributed by atoms with Crippen molar-refractivity contribution in [2.24, 2.45) is 0 Å². The van der Waals surface area contributed by atoms with Gasteiger partial charge in [-0.2, -0.15) is 0 Å². The summed E-state index contributed by atoms with van der Waals surface area (Å²) in [6.45, 7) is 4.25. The number of unbranched alkanes of at least 4 members (excludes halogenated alkanes) is 2. The van der Waals surface area contributed by atoms with Crippen LogP contribution in [0.3, 0.4) is 0 Å². The van der Waals surface area contributed by atoms with Crippen molar-refractivity contribution in [3.05, 3.63) is 0 Å². The van der Waals surface area contributed by atoms with E-state index in [1.165, 1.54) is 12.8 Å². The van der Waals surface area contributed by atoms with E-state index in [-0.39, 0.29) is 5.97 Å². The van der Waals surface area contributed by atoms with Gasteiger partial charge in [0.2, 0.25) is 9.76 Å². The minimum atomic E-state index is -0.525. The fourth-order valence-corrected chi connectivity index (χ4v) is 2.15. The Balaban J connectivity index is 3.08. The quantitative estimate of drug-likeness (QED) is 0.451. The Morgan fingerprint density at radius 3 is 2.50 bits per heavy atom. The van der Waals surface area contributed by atoms with Gasteiger partial charge in [-0.3, -0.25) is 4.79 Å². The molecule has 12 heavy (non-hydrogen) atoms. The topological polar surface area (TPSA) is 26.3 Å². The van der Waals surface area contributed by atoms with Gasteiger partial charge in [0, 0.05) is 6.42 Å². The second kappa shape index (κ2) is 8.78. The van der Waals surface area contributed by atoms with Crippen LogP contribution < -0.4 is 0 Å². The van der Waals surface area contributed by atoms with Gasteiger partial charge in [-0.05, 0) is 12.5 Å². The van der Waals surface area contributed by atoms with Crippen molar-refractivity contribution in [1.82, 2.24) is 0 Å². The van der Waals surface area contributed by atoms with Crippen LogP contribution in [-0.4, -0.2) is 15.7 Å². The number of rotatable bonds is 7. The summed E-state index contributed by atoms with van der Waals surface area (Å²) >= 11 is 0. The number of carbonyl (C=O) groups is 1. The first kappa shape index (κ1) is 11.7. The Kier molecular flexibility index (Phi) is 8.55. The van der Waals surface area contributed by atoms with E-state index in [0.29, 0.717) is 6.42 Å². The lowest BCUT2D eigenvalue weighted by Crippen LogP contribution is -2.07. The monoisotopic (exact) mass is 188 g/mol. The molecule has 0 aromatic heterocycles. The number of hydrogen-bond acceptors (Lipinski definition) is 2. The average Bonchev–Trinajstić information content (AvgIpc) is 2.09. The van der Waals surface area contributed by atoms with Crippen LogP contribution in [0, 0.1) is 0 Å². The Morgan fingerprint density at radius 2 is 1.92 bits per heavy atom. The van der Waals surface area contributed by atoms with Crippen molar-refractivity contribution in [2.75, 3.05) is 0 Å². The van der Waals surface area contributed by atoms with E-state index in [4.69, 9.17) is 4.43 Å². The molecule has 0 bridgehead atoms. The second-order valence-corrected chi connectivity index (χ2v) is 4.44. The normalized spacial score (nSPS) is 10.8. The Morgan fingerprint density at radius 1 is 1.25 bits per heavy atom. The lowest BCUT2D eigenvalue weighted by atomic mass is 10.3. The van der Waals surface area contributed by atoms with Gasteiger partial charge in [-0.25, -0.2) is 0 Å². The molecule has 0 rings (SSSR count). The third kappa shape index (κ3) is 7.79. The molecule has 0 atom stereocenters. The van der Waals surface area contributed by atoms with Gasteiger partial charge in [-0.1, -0.05) is 33.1 Å². The molecule has 0 unspecified atom stereocenters. The maximum absolute atomic E-state index is 11.0. The molecule has 0 aliphatic carbocycles. The molecular weight excluding hydrogens is 168 g/mol. The van der Waals surface area contributed by atoms with Crippen molar-refractivity contribution in [3.8, 4) is 0 Å². The molecule has 0 aromatic carbocycles. The third-order valence-electron chi connectivity index (χ3n) is 1.75. The summed E-state index contributed by atoms with van der Waals surface area (Å²) in [5, 5.41) is 0. The summed E-state index contributed by atoms with van der Waals surface area (Å²) in [5.41, 5.74) is 0. The van der Waals surface area contributed by atoms with E-state index < -0.39 is 9.76 Å². The average molecular weight is 188 g/mol. The van der Waals surface area contributed by atoms with Crippen molar-refractivity contribution < 1.29 is 9.22 Å². The smallest absolute Gasteiger partial charge is 0.292 e. The summed E-state index contributed by atoms with van der Waals surface area (Å²) in [6, 6.07) is 1.15. The molecule has 0 radical (unpaired) electrons. The molecule has 0 N–H and O–H groups in total. The summed E-state index contributed by atoms with van der Waals surface area (Å²) in [5.74, 6) is 0.0274. The van der Waals surface area contributed by atoms with Crippen LogP contribution >= 0.6 is 0 Å². The van der Waals surface area contributed by atoms with Gasteiger partial charge in [0.15, 0.2) is 0 Å². The fourth-order valence-electron chi connectivity index (χ4n) is 0.931. The highest BCUT2D eigenvalue weighted by Crippen LogP contribution is 1.98. The number of hydrogen-bond donors (Lipinski definition) is 0. The lowest BCUT2D eigenvalue weighted by Gasteiger charge is -2.02. The van der Waals surface area contributed by atoms with Crippen molar-refractivity contribution in [3.63, 3.8) is 0 Å². The molecule has 0 amide bonds. The van der Waals surface area contributed by atoms with Crippen LogP contribution in [0.1, 0.15) is 46.0 Å². The molecule has 3 heteroatoms. The van der Waals surface area contributed by atoms with Crippen LogP contribution in [-0.2, 0) is 9.22 Å². The first-order chi connectivity index (χ1) is 5.81. The van der Waals surface area contributed by atoms with Crippen molar-refractivity contribution in [2.45, 2.75) is 52.0 Å². The fraction of sp³-hybridized carbons (Fsp3) is 0.889. The zero-order valence-corrected chi connectivity index (χ0v) is 9.68. The lowest BCUT2D eigenvalue weighted by molar-refractivity contribution is -0.134. The van der Waals surface area contributed by atoms with E-state index in [9.17, 15) is 4.79 Å². The maximum atomic E-state index is 11.0. The first-order valence-corrected chi connectivity index (χ1v) is 6.54. The highest BCUT2D eigenvalue weighted by molar-refractivity contribution is 6.30. The highest BCUT2D eigenvalue weighted by Gasteiger charge is 2.00. The van der Waals surface area contributed by atoms with Gasteiger partial charge in [-0.15, -0.1) is 0 Å². The molecule has 0 aliphatic rings. The van der Waals surface area contributed by atoms with Crippen molar-refractivity contribution in [1.29, 1.82) is 0 Å². The molecule has 0 fully saturated rings. The van der Waals surface area contributed by atoms with Crippen LogP contribution in [0.15, 0.2) is 0 Å². The molecule has 0 saturated carbocycles. The van der Waals surface area contributed by atoms with Gasteiger partial charge in [0.25, 0.3) is 5.97 Å². The van der Waals surface area contributed by atoms with E-state index in [2.05, 4.69) is 13.8 Å². The minimum Gasteiger partial charge on any atom is -0.525 e. The van der Waals surface area contributed by atoms with Crippen molar-refractivity contribution >= 4 is 15.7 Å². The molecule has 0 aliphatic heterocycles. The molecule has 0 heterocycles.